The first-order valence-electron chi connectivity index (χ1n) is 8.15. The van der Waals surface area contributed by atoms with E-state index in [-0.39, 0.29) is 5.60 Å². The molecule has 2 aromatic heterocycles. The molecule has 2 aromatic carbocycles. The molecule has 0 spiro atoms. The van der Waals surface area contributed by atoms with Crippen LogP contribution in [0.2, 0.25) is 0 Å². The van der Waals surface area contributed by atoms with E-state index in [4.69, 9.17) is 0 Å². The Labute approximate surface area is 147 Å². The van der Waals surface area contributed by atoms with E-state index in [0.717, 1.165) is 0 Å². The minimum atomic E-state index is -0.318. The van der Waals surface area contributed by atoms with Gasteiger partial charge in [-0.2, -0.15) is 0 Å². The van der Waals surface area contributed by atoms with Crippen LogP contribution in [0.3, 0.4) is 0 Å². The minimum absolute atomic E-state index is 0.318. The smallest absolute Gasteiger partial charge is 0.293 e. The molecule has 2 heterocycles. The summed E-state index contributed by atoms with van der Waals surface area (Å²) in [7, 11) is 0. The fourth-order valence-electron chi connectivity index (χ4n) is 2.13. The molecule has 4 heteroatoms. The first kappa shape index (κ1) is 18.3. The molecule has 0 aliphatic rings. The van der Waals surface area contributed by atoms with E-state index in [1.54, 1.807) is 0 Å². The van der Waals surface area contributed by atoms with Crippen molar-refractivity contribution in [3.8, 4) is 0 Å². The Kier molecular flexibility index (Phi) is 6.40. The summed E-state index contributed by atoms with van der Waals surface area (Å²) in [5.41, 5.74) is 2.09. The van der Waals surface area contributed by atoms with Crippen LogP contribution in [-0.4, -0.2) is 22.0 Å². The molecule has 0 amide bonds. The van der Waals surface area contributed by atoms with Gasteiger partial charge in [0.05, 0.1) is 0 Å². The van der Waals surface area contributed by atoms with Crippen molar-refractivity contribution in [2.75, 3.05) is 0 Å². The van der Waals surface area contributed by atoms with Crippen molar-refractivity contribution in [2.45, 2.75) is 26.4 Å². The fraction of sp³-hybridized carbons (Fsp3) is 0.190. The average Bonchev–Trinajstić information content (AvgIpc) is 3.24. The van der Waals surface area contributed by atoms with E-state index in [0.29, 0.717) is 6.47 Å². The van der Waals surface area contributed by atoms with E-state index >= 15 is 0 Å². The second-order valence-corrected chi connectivity index (χ2v) is 6.46. The summed E-state index contributed by atoms with van der Waals surface area (Å²) in [5.74, 6) is 0. The molecule has 0 radical (unpaired) electrons. The molecule has 0 saturated heterocycles. The second kappa shape index (κ2) is 8.73. The van der Waals surface area contributed by atoms with Gasteiger partial charge in [0.1, 0.15) is 5.60 Å². The summed E-state index contributed by atoms with van der Waals surface area (Å²) >= 11 is 0. The largest absolute Gasteiger partial charge is 0.462 e. The number of carbonyl (C=O) groups is 1. The van der Waals surface area contributed by atoms with Crippen molar-refractivity contribution in [1.29, 1.82) is 0 Å². The molecule has 2 N–H and O–H groups in total. The number of benzene rings is 2. The number of rotatable bonds is 1. The predicted molar refractivity (Wildman–Crippen MR) is 103 cm³/mol. The molecule has 0 atom stereocenters. The van der Waals surface area contributed by atoms with Gasteiger partial charge in [0.15, 0.2) is 0 Å². The molecular formula is C21H24N2O2. The van der Waals surface area contributed by atoms with Gasteiger partial charge in [0, 0.05) is 23.4 Å². The zero-order valence-electron chi connectivity index (χ0n) is 14.8. The zero-order chi connectivity index (χ0) is 18.1. The monoisotopic (exact) mass is 336 g/mol. The van der Waals surface area contributed by atoms with Gasteiger partial charge in [-0.25, -0.2) is 0 Å². The molecule has 0 aliphatic heterocycles. The van der Waals surface area contributed by atoms with Gasteiger partial charge < -0.3 is 14.7 Å². The molecule has 25 heavy (non-hydrogen) atoms. The zero-order valence-corrected chi connectivity index (χ0v) is 14.8. The predicted octanol–water partition coefficient (Wildman–Crippen LogP) is 5.29. The quantitative estimate of drug-likeness (QED) is 0.464. The van der Waals surface area contributed by atoms with Gasteiger partial charge in [0.25, 0.3) is 6.47 Å². The van der Waals surface area contributed by atoms with Gasteiger partial charge in [-0.3, -0.25) is 4.79 Å². The van der Waals surface area contributed by atoms with Gasteiger partial charge in [-0.15, -0.1) is 0 Å². The minimum Gasteiger partial charge on any atom is -0.462 e. The van der Waals surface area contributed by atoms with Crippen LogP contribution in [0.5, 0.6) is 0 Å². The number of para-hydroxylation sites is 2. The number of aromatic nitrogens is 2. The molecule has 0 fully saturated rings. The van der Waals surface area contributed by atoms with Crippen molar-refractivity contribution < 1.29 is 9.53 Å². The molecule has 130 valence electrons. The molecule has 0 bridgehead atoms. The summed E-state index contributed by atoms with van der Waals surface area (Å²) in [6.07, 6.45) is 3.90. The Balaban J connectivity index is 0.000000137. The van der Waals surface area contributed by atoms with E-state index in [2.05, 4.69) is 51.1 Å². The molecule has 0 aliphatic carbocycles. The first-order valence-corrected chi connectivity index (χ1v) is 8.15. The van der Waals surface area contributed by atoms with Crippen LogP contribution >= 0.6 is 0 Å². The molecule has 0 unspecified atom stereocenters. The lowest BCUT2D eigenvalue weighted by Gasteiger charge is -2.14. The van der Waals surface area contributed by atoms with E-state index in [1.807, 2.05) is 57.4 Å². The Hall–Kier alpha value is -3.01. The normalized spacial score (nSPS) is 10.4. The lowest BCUT2D eigenvalue weighted by molar-refractivity contribution is -0.138. The highest BCUT2D eigenvalue weighted by Gasteiger charge is 2.07. The van der Waals surface area contributed by atoms with Crippen molar-refractivity contribution in [3.63, 3.8) is 0 Å². The van der Waals surface area contributed by atoms with Crippen LogP contribution in [0, 0.1) is 0 Å². The maximum Gasteiger partial charge on any atom is 0.293 e. The molecule has 4 aromatic rings. The van der Waals surface area contributed by atoms with Crippen LogP contribution in [-0.2, 0) is 9.53 Å². The standard InChI is InChI=1S/2C8H7N.C5H10O2/c2*1-2-4-8-7(3-1)5-6-9-8;1-5(2,3)7-4-6/h2*1-6,9H;4H,1-3H3. The maximum absolute atomic E-state index is 9.60. The number of carbonyl (C=O) groups excluding carboxylic acids is 1. The van der Waals surface area contributed by atoms with E-state index < -0.39 is 0 Å². The SMILES string of the molecule is CC(C)(C)OC=O.c1ccc2[nH]ccc2c1.c1ccc2[nH]ccc2c1. The first-order chi connectivity index (χ1) is 12.0. The summed E-state index contributed by atoms with van der Waals surface area (Å²) in [4.78, 5) is 15.8. The highest BCUT2D eigenvalue weighted by molar-refractivity contribution is 5.79. The van der Waals surface area contributed by atoms with Crippen LogP contribution in [0.1, 0.15) is 20.8 Å². The highest BCUT2D eigenvalue weighted by atomic mass is 16.5. The highest BCUT2D eigenvalue weighted by Crippen LogP contribution is 2.09. The number of ether oxygens (including phenoxy) is 1. The number of fused-ring (bicyclic) bond motifs is 2. The Bertz CT molecular complexity index is 774. The third kappa shape index (κ3) is 6.18. The van der Waals surface area contributed by atoms with Crippen molar-refractivity contribution in [1.82, 2.24) is 9.97 Å². The fourth-order valence-corrected chi connectivity index (χ4v) is 2.13. The maximum atomic E-state index is 9.60. The second-order valence-electron chi connectivity index (χ2n) is 6.46. The van der Waals surface area contributed by atoms with Crippen molar-refractivity contribution >= 4 is 28.3 Å². The lowest BCUT2D eigenvalue weighted by atomic mass is 10.2. The van der Waals surface area contributed by atoms with Crippen LogP contribution in [0.25, 0.3) is 21.8 Å². The van der Waals surface area contributed by atoms with Crippen molar-refractivity contribution in [2.24, 2.45) is 0 Å². The average molecular weight is 336 g/mol. The number of aromatic amines is 2. The third-order valence-electron chi connectivity index (χ3n) is 3.33. The number of nitrogens with one attached hydrogen (secondary N) is 2. The van der Waals surface area contributed by atoms with Gasteiger partial charge in [-0.1, -0.05) is 36.4 Å². The summed E-state index contributed by atoms with van der Waals surface area (Å²) in [5, 5.41) is 2.55. The van der Waals surface area contributed by atoms with E-state index in [1.165, 1.54) is 21.8 Å². The van der Waals surface area contributed by atoms with Crippen molar-refractivity contribution in [3.05, 3.63) is 73.1 Å². The molecule has 0 saturated carbocycles. The lowest BCUT2D eigenvalue weighted by Crippen LogP contribution is -2.17. The van der Waals surface area contributed by atoms with Gasteiger partial charge in [0.2, 0.25) is 0 Å². The third-order valence-corrected chi connectivity index (χ3v) is 3.33. The van der Waals surface area contributed by atoms with Crippen LogP contribution in [0.15, 0.2) is 73.1 Å². The Morgan fingerprint density at radius 3 is 1.52 bits per heavy atom. The summed E-state index contributed by atoms with van der Waals surface area (Å²) in [6, 6.07) is 20.6. The Morgan fingerprint density at radius 1 is 0.760 bits per heavy atom. The number of hydrogen-bond acceptors (Lipinski definition) is 2. The van der Waals surface area contributed by atoms with Crippen LogP contribution < -0.4 is 0 Å². The molecule has 4 nitrogen and oxygen atoms in total. The van der Waals surface area contributed by atoms with E-state index in [9.17, 15) is 4.79 Å². The molecular weight excluding hydrogens is 312 g/mol. The van der Waals surface area contributed by atoms with Crippen LogP contribution in [0.4, 0.5) is 0 Å². The van der Waals surface area contributed by atoms with Gasteiger partial charge in [-0.05, 0) is 55.8 Å². The number of hydrogen-bond donors (Lipinski definition) is 2. The summed E-state index contributed by atoms with van der Waals surface area (Å²) < 4.78 is 4.55. The molecule has 4 rings (SSSR count). The number of H-pyrrole nitrogens is 2. The van der Waals surface area contributed by atoms with Gasteiger partial charge >= 0.3 is 0 Å². The Morgan fingerprint density at radius 2 is 1.20 bits per heavy atom. The topological polar surface area (TPSA) is 57.9 Å². The summed E-state index contributed by atoms with van der Waals surface area (Å²) in [6.45, 7) is 5.92.